The summed E-state index contributed by atoms with van der Waals surface area (Å²) in [7, 11) is 0. The van der Waals surface area contributed by atoms with E-state index in [1.807, 2.05) is 0 Å². The van der Waals surface area contributed by atoms with Gasteiger partial charge in [-0.05, 0) is 18.2 Å². The number of carbonyl (C=O) groups is 1. The Hall–Kier alpha value is -2.84. The van der Waals surface area contributed by atoms with Crippen molar-refractivity contribution >= 4 is 41.0 Å². The van der Waals surface area contributed by atoms with Crippen molar-refractivity contribution in [3.8, 4) is 11.5 Å². The number of benzene rings is 2. The lowest BCUT2D eigenvalue weighted by atomic mass is 10.2. The van der Waals surface area contributed by atoms with Crippen molar-refractivity contribution in [2.45, 2.75) is 0 Å². The number of nitro groups is 1. The molecule has 1 N–H and O–H groups in total. The molecule has 2 aromatic rings. The Labute approximate surface area is 151 Å². The zero-order chi connectivity index (χ0) is 18.4. The minimum absolute atomic E-state index is 0.0283. The number of nitrogens with one attached hydrogen (secondary N) is 1. The Morgan fingerprint density at radius 3 is 2.72 bits per heavy atom. The molecular weight excluding hydrogens is 373 g/mol. The highest BCUT2D eigenvalue weighted by molar-refractivity contribution is 6.35. The first-order chi connectivity index (χ1) is 11.9. The van der Waals surface area contributed by atoms with Gasteiger partial charge in [-0.25, -0.2) is 5.43 Å². The van der Waals surface area contributed by atoms with Gasteiger partial charge in [0.1, 0.15) is 5.75 Å². The monoisotopic (exact) mass is 382 g/mol. The van der Waals surface area contributed by atoms with E-state index in [2.05, 4.69) is 10.5 Å². The third-order valence-corrected chi connectivity index (χ3v) is 3.37. The fourth-order valence-electron chi connectivity index (χ4n) is 1.74. The fraction of sp³-hybridized carbons (Fsp3) is 0.0667. The first kappa shape index (κ1) is 18.5. The molecule has 130 valence electrons. The minimum Gasteiger partial charge on any atom is -0.872 e. The molecule has 0 atom stereocenters. The van der Waals surface area contributed by atoms with E-state index in [1.54, 1.807) is 6.07 Å². The molecule has 8 nitrogen and oxygen atoms in total. The van der Waals surface area contributed by atoms with Gasteiger partial charge in [-0.2, -0.15) is 5.10 Å². The predicted octanol–water partition coefficient (Wildman–Crippen LogP) is 2.50. The molecule has 0 fully saturated rings. The topological polar surface area (TPSA) is 117 Å². The maximum atomic E-state index is 11.7. The molecule has 0 bridgehead atoms. The molecule has 2 rings (SSSR count). The largest absolute Gasteiger partial charge is 0.872 e. The second-order valence-corrected chi connectivity index (χ2v) is 5.48. The summed E-state index contributed by atoms with van der Waals surface area (Å²) in [5, 5.41) is 26.4. The van der Waals surface area contributed by atoms with Crippen molar-refractivity contribution in [2.24, 2.45) is 5.10 Å². The summed E-state index contributed by atoms with van der Waals surface area (Å²) in [6.45, 7) is -0.387. The van der Waals surface area contributed by atoms with Crippen molar-refractivity contribution < 1.29 is 19.6 Å². The summed E-state index contributed by atoms with van der Waals surface area (Å²) >= 11 is 11.6. The number of amides is 1. The van der Waals surface area contributed by atoms with Crippen LogP contribution in [0.1, 0.15) is 5.56 Å². The van der Waals surface area contributed by atoms with Crippen LogP contribution in [-0.2, 0) is 4.79 Å². The van der Waals surface area contributed by atoms with E-state index in [4.69, 9.17) is 27.9 Å². The molecule has 0 spiro atoms. The number of hydrogen-bond donors (Lipinski definition) is 1. The second-order valence-electron chi connectivity index (χ2n) is 4.63. The molecule has 0 heterocycles. The number of hydrazone groups is 1. The van der Waals surface area contributed by atoms with E-state index in [-0.39, 0.29) is 28.6 Å². The van der Waals surface area contributed by atoms with Crippen LogP contribution in [0.15, 0.2) is 41.5 Å². The Bertz CT molecular complexity index is 842. The average Bonchev–Trinajstić information content (AvgIpc) is 2.54. The summed E-state index contributed by atoms with van der Waals surface area (Å²) in [4.78, 5) is 21.9. The fourth-order valence-corrected chi connectivity index (χ4v) is 2.21. The standard InChI is InChI=1S/C15H11Cl2N3O5/c16-10-1-4-14(12(17)6-10)25-8-15(22)19-18-7-9-5-11(21)2-3-13(9)20(23)24/h1-7,21H,8H2,(H,19,22)/p-1/b18-7-. The number of halogens is 2. The van der Waals surface area contributed by atoms with Crippen molar-refractivity contribution in [3.05, 3.63) is 62.1 Å². The van der Waals surface area contributed by atoms with Gasteiger partial charge in [-0.15, -0.1) is 5.75 Å². The van der Waals surface area contributed by atoms with Crippen LogP contribution in [0.2, 0.25) is 10.0 Å². The van der Waals surface area contributed by atoms with Gasteiger partial charge in [0.25, 0.3) is 11.6 Å². The number of rotatable bonds is 6. The average molecular weight is 383 g/mol. The van der Waals surface area contributed by atoms with Crippen LogP contribution in [-0.4, -0.2) is 23.7 Å². The third kappa shape index (κ3) is 5.33. The molecule has 1 amide bonds. The van der Waals surface area contributed by atoms with Gasteiger partial charge in [0, 0.05) is 11.1 Å². The second kappa shape index (κ2) is 8.32. The van der Waals surface area contributed by atoms with Crippen LogP contribution in [0.25, 0.3) is 0 Å². The van der Waals surface area contributed by atoms with E-state index >= 15 is 0 Å². The Balaban J connectivity index is 1.95. The van der Waals surface area contributed by atoms with Crippen molar-refractivity contribution in [1.29, 1.82) is 0 Å². The molecule has 0 unspecified atom stereocenters. The van der Waals surface area contributed by atoms with E-state index in [0.29, 0.717) is 5.02 Å². The number of carbonyl (C=O) groups excluding carboxylic acids is 1. The first-order valence-corrected chi connectivity index (χ1v) is 7.47. The molecule has 2 aromatic carbocycles. The summed E-state index contributed by atoms with van der Waals surface area (Å²) in [6, 6.07) is 7.69. The molecule has 0 aliphatic carbocycles. The molecule has 0 saturated carbocycles. The van der Waals surface area contributed by atoms with Gasteiger partial charge in [-0.3, -0.25) is 14.9 Å². The Morgan fingerprint density at radius 1 is 1.28 bits per heavy atom. The van der Waals surface area contributed by atoms with Crippen molar-refractivity contribution in [3.63, 3.8) is 0 Å². The quantitative estimate of drug-likeness (QED) is 0.467. The van der Waals surface area contributed by atoms with Gasteiger partial charge >= 0.3 is 0 Å². The van der Waals surface area contributed by atoms with Crippen LogP contribution in [0, 0.1) is 10.1 Å². The molecule has 0 saturated heterocycles. The van der Waals surface area contributed by atoms with Gasteiger partial charge in [0.05, 0.1) is 21.7 Å². The number of ether oxygens (including phenoxy) is 1. The summed E-state index contributed by atoms with van der Waals surface area (Å²) in [6.07, 6.45) is 1.01. The molecule has 25 heavy (non-hydrogen) atoms. The van der Waals surface area contributed by atoms with Crippen LogP contribution >= 0.6 is 23.2 Å². The van der Waals surface area contributed by atoms with Crippen LogP contribution in [0.5, 0.6) is 11.5 Å². The Morgan fingerprint density at radius 2 is 2.04 bits per heavy atom. The maximum absolute atomic E-state index is 11.7. The van der Waals surface area contributed by atoms with Gasteiger partial charge in [0.2, 0.25) is 0 Å². The smallest absolute Gasteiger partial charge is 0.278 e. The van der Waals surface area contributed by atoms with E-state index < -0.39 is 16.6 Å². The number of nitro benzene ring substituents is 1. The zero-order valence-electron chi connectivity index (χ0n) is 12.4. The lowest BCUT2D eigenvalue weighted by Gasteiger charge is -2.07. The summed E-state index contributed by atoms with van der Waals surface area (Å²) in [5.41, 5.74) is 1.80. The highest BCUT2D eigenvalue weighted by Gasteiger charge is 2.11. The predicted molar refractivity (Wildman–Crippen MR) is 90.2 cm³/mol. The molecule has 0 aliphatic rings. The highest BCUT2D eigenvalue weighted by atomic mass is 35.5. The Kier molecular flexibility index (Phi) is 6.15. The van der Waals surface area contributed by atoms with E-state index in [9.17, 15) is 20.0 Å². The maximum Gasteiger partial charge on any atom is 0.278 e. The van der Waals surface area contributed by atoms with Crippen LogP contribution < -0.4 is 15.3 Å². The van der Waals surface area contributed by atoms with Gasteiger partial charge < -0.3 is 9.84 Å². The van der Waals surface area contributed by atoms with E-state index in [0.717, 1.165) is 24.4 Å². The zero-order valence-corrected chi connectivity index (χ0v) is 14.0. The molecule has 0 aromatic heterocycles. The van der Waals surface area contributed by atoms with Gasteiger partial charge in [-0.1, -0.05) is 35.3 Å². The van der Waals surface area contributed by atoms with Gasteiger partial charge in [0.15, 0.2) is 6.61 Å². The third-order valence-electron chi connectivity index (χ3n) is 2.84. The highest BCUT2D eigenvalue weighted by Crippen LogP contribution is 2.27. The SMILES string of the molecule is O=C(COc1ccc(Cl)cc1Cl)N/N=C\c1cc([O-])ccc1[N+](=O)[O-]. The molecule has 0 aliphatic heterocycles. The summed E-state index contributed by atoms with van der Waals surface area (Å²) in [5.74, 6) is -0.776. The van der Waals surface area contributed by atoms with Crippen molar-refractivity contribution in [2.75, 3.05) is 6.61 Å². The van der Waals surface area contributed by atoms with E-state index in [1.165, 1.54) is 12.1 Å². The minimum atomic E-state index is -0.658. The summed E-state index contributed by atoms with van der Waals surface area (Å²) < 4.78 is 5.20. The number of hydrogen-bond acceptors (Lipinski definition) is 6. The number of nitrogens with zero attached hydrogens (tertiary/aromatic N) is 2. The normalized spacial score (nSPS) is 10.6. The lowest BCUT2D eigenvalue weighted by molar-refractivity contribution is -0.385. The lowest BCUT2D eigenvalue weighted by Crippen LogP contribution is -2.24. The van der Waals surface area contributed by atoms with Crippen LogP contribution in [0.4, 0.5) is 5.69 Å². The molecular formula is C15H10Cl2N3O5-. The van der Waals surface area contributed by atoms with Crippen LogP contribution in [0.3, 0.4) is 0 Å². The molecule has 10 heteroatoms. The van der Waals surface area contributed by atoms with Crippen molar-refractivity contribution in [1.82, 2.24) is 5.43 Å². The first-order valence-electron chi connectivity index (χ1n) is 6.72. The molecule has 0 radical (unpaired) electrons.